The number of aromatic nitrogens is 2. The standard InChI is InChI=1S/C12H12N2O3/c1-2-16-9-3-5-10(6-4-9)17-11-7-12(15)14-13-8-11/h3-8H,2H2,1H3,(H,14,15). The summed E-state index contributed by atoms with van der Waals surface area (Å²) in [6.07, 6.45) is 1.44. The van der Waals surface area contributed by atoms with Gasteiger partial charge in [0.05, 0.1) is 12.8 Å². The zero-order valence-corrected chi connectivity index (χ0v) is 9.34. The van der Waals surface area contributed by atoms with Crippen LogP contribution in [0.5, 0.6) is 17.2 Å². The highest BCUT2D eigenvalue weighted by molar-refractivity contribution is 5.34. The Kier molecular flexibility index (Phi) is 3.40. The van der Waals surface area contributed by atoms with Crippen LogP contribution in [-0.2, 0) is 0 Å². The SMILES string of the molecule is CCOc1ccc(Oc2cn[nH]c(=O)c2)cc1. The molecule has 0 aliphatic carbocycles. The molecule has 0 bridgehead atoms. The van der Waals surface area contributed by atoms with E-state index in [1.54, 1.807) is 24.3 Å². The first-order valence-electron chi connectivity index (χ1n) is 5.23. The minimum Gasteiger partial charge on any atom is -0.494 e. The Morgan fingerprint density at radius 1 is 1.18 bits per heavy atom. The number of nitrogens with zero attached hydrogens (tertiary/aromatic N) is 1. The number of ether oxygens (including phenoxy) is 2. The van der Waals surface area contributed by atoms with Crippen LogP contribution >= 0.6 is 0 Å². The molecule has 88 valence electrons. The van der Waals surface area contributed by atoms with Gasteiger partial charge >= 0.3 is 0 Å². The van der Waals surface area contributed by atoms with E-state index in [9.17, 15) is 4.79 Å². The van der Waals surface area contributed by atoms with E-state index >= 15 is 0 Å². The van der Waals surface area contributed by atoms with Crippen molar-refractivity contribution in [2.75, 3.05) is 6.61 Å². The summed E-state index contributed by atoms with van der Waals surface area (Å²) in [6, 6.07) is 8.49. The second kappa shape index (κ2) is 5.16. The highest BCUT2D eigenvalue weighted by Crippen LogP contribution is 2.22. The fourth-order valence-corrected chi connectivity index (χ4v) is 1.32. The third-order valence-electron chi connectivity index (χ3n) is 2.01. The summed E-state index contributed by atoms with van der Waals surface area (Å²) < 4.78 is 10.8. The molecule has 0 aliphatic rings. The topological polar surface area (TPSA) is 64.2 Å². The maximum absolute atomic E-state index is 11.0. The Morgan fingerprint density at radius 3 is 2.53 bits per heavy atom. The van der Waals surface area contributed by atoms with Crippen molar-refractivity contribution in [2.24, 2.45) is 0 Å². The third kappa shape index (κ3) is 3.07. The number of H-pyrrole nitrogens is 1. The number of hydrogen-bond acceptors (Lipinski definition) is 4. The lowest BCUT2D eigenvalue weighted by Crippen LogP contribution is -2.05. The molecule has 0 saturated heterocycles. The molecule has 0 fully saturated rings. The summed E-state index contributed by atoms with van der Waals surface area (Å²) in [6.45, 7) is 2.55. The molecule has 0 unspecified atom stereocenters. The van der Waals surface area contributed by atoms with Gasteiger partial charge in [-0.3, -0.25) is 4.79 Å². The van der Waals surface area contributed by atoms with Crippen LogP contribution in [0.25, 0.3) is 0 Å². The molecular formula is C12H12N2O3. The Bertz CT molecular complexity index is 534. The van der Waals surface area contributed by atoms with E-state index in [1.807, 2.05) is 6.92 Å². The molecule has 1 aromatic carbocycles. The first kappa shape index (κ1) is 11.2. The van der Waals surface area contributed by atoms with E-state index in [4.69, 9.17) is 9.47 Å². The normalized spacial score (nSPS) is 9.94. The van der Waals surface area contributed by atoms with Crippen LogP contribution in [0.3, 0.4) is 0 Å². The summed E-state index contributed by atoms with van der Waals surface area (Å²) >= 11 is 0. The first-order chi connectivity index (χ1) is 8.28. The van der Waals surface area contributed by atoms with Crippen LogP contribution in [0.1, 0.15) is 6.92 Å². The van der Waals surface area contributed by atoms with Gasteiger partial charge in [-0.25, -0.2) is 5.10 Å². The van der Waals surface area contributed by atoms with Crippen molar-refractivity contribution in [3.05, 3.63) is 46.9 Å². The van der Waals surface area contributed by atoms with Crippen molar-refractivity contribution in [1.29, 1.82) is 0 Å². The number of nitrogens with one attached hydrogen (secondary N) is 1. The predicted molar refractivity (Wildman–Crippen MR) is 62.5 cm³/mol. The summed E-state index contributed by atoms with van der Waals surface area (Å²) in [5.74, 6) is 1.81. The molecule has 0 spiro atoms. The molecular weight excluding hydrogens is 220 g/mol. The fraction of sp³-hybridized carbons (Fsp3) is 0.167. The lowest BCUT2D eigenvalue weighted by atomic mass is 10.3. The van der Waals surface area contributed by atoms with Gasteiger partial charge in [-0.15, -0.1) is 0 Å². The lowest BCUT2D eigenvalue weighted by Gasteiger charge is -2.06. The van der Waals surface area contributed by atoms with Crippen molar-refractivity contribution in [3.63, 3.8) is 0 Å². The van der Waals surface area contributed by atoms with Gasteiger partial charge in [-0.05, 0) is 31.2 Å². The molecule has 0 radical (unpaired) electrons. The quantitative estimate of drug-likeness (QED) is 0.875. The molecule has 1 heterocycles. The summed E-state index contributed by atoms with van der Waals surface area (Å²) in [5.41, 5.74) is -0.298. The number of rotatable bonds is 4. The van der Waals surface area contributed by atoms with Gasteiger partial charge in [-0.1, -0.05) is 0 Å². The van der Waals surface area contributed by atoms with Crippen LogP contribution in [0.15, 0.2) is 41.3 Å². The third-order valence-corrected chi connectivity index (χ3v) is 2.01. The Labute approximate surface area is 98.0 Å². The van der Waals surface area contributed by atoms with Gasteiger partial charge in [0.25, 0.3) is 5.56 Å². The number of hydrogen-bond donors (Lipinski definition) is 1. The summed E-state index contributed by atoms with van der Waals surface area (Å²) in [7, 11) is 0. The van der Waals surface area contributed by atoms with Gasteiger partial charge in [-0.2, -0.15) is 5.10 Å². The second-order valence-electron chi connectivity index (χ2n) is 3.29. The van der Waals surface area contributed by atoms with E-state index in [-0.39, 0.29) is 5.56 Å². The fourth-order valence-electron chi connectivity index (χ4n) is 1.32. The number of benzene rings is 1. The average Bonchev–Trinajstić information content (AvgIpc) is 2.32. The predicted octanol–water partition coefficient (Wildman–Crippen LogP) is 1.96. The Morgan fingerprint density at radius 2 is 1.88 bits per heavy atom. The molecule has 2 rings (SSSR count). The highest BCUT2D eigenvalue weighted by atomic mass is 16.5. The average molecular weight is 232 g/mol. The van der Waals surface area contributed by atoms with Crippen LogP contribution in [0.2, 0.25) is 0 Å². The van der Waals surface area contributed by atoms with E-state index in [2.05, 4.69) is 10.2 Å². The molecule has 1 aromatic heterocycles. The largest absolute Gasteiger partial charge is 0.494 e. The van der Waals surface area contributed by atoms with Gasteiger partial charge < -0.3 is 9.47 Å². The van der Waals surface area contributed by atoms with E-state index < -0.39 is 0 Å². The zero-order chi connectivity index (χ0) is 12.1. The van der Waals surface area contributed by atoms with Crippen LogP contribution in [0, 0.1) is 0 Å². The molecule has 1 N–H and O–H groups in total. The Balaban J connectivity index is 2.11. The van der Waals surface area contributed by atoms with Crippen molar-refractivity contribution in [1.82, 2.24) is 10.2 Å². The highest BCUT2D eigenvalue weighted by Gasteiger charge is 1.99. The van der Waals surface area contributed by atoms with Crippen LogP contribution < -0.4 is 15.0 Å². The molecule has 0 saturated carbocycles. The van der Waals surface area contributed by atoms with Gasteiger partial charge in [0.15, 0.2) is 5.75 Å². The Hall–Kier alpha value is -2.30. The molecule has 5 nitrogen and oxygen atoms in total. The van der Waals surface area contributed by atoms with Gasteiger partial charge in [0.1, 0.15) is 11.5 Å². The maximum Gasteiger partial charge on any atom is 0.267 e. The summed E-state index contributed by atoms with van der Waals surface area (Å²) in [5, 5.41) is 5.92. The number of aromatic amines is 1. The van der Waals surface area contributed by atoms with Gasteiger partial charge in [0, 0.05) is 6.07 Å². The lowest BCUT2D eigenvalue weighted by molar-refractivity contribution is 0.339. The van der Waals surface area contributed by atoms with Crippen molar-refractivity contribution in [3.8, 4) is 17.2 Å². The van der Waals surface area contributed by atoms with Crippen LogP contribution in [-0.4, -0.2) is 16.8 Å². The minimum absolute atomic E-state index is 0.298. The molecule has 17 heavy (non-hydrogen) atoms. The summed E-state index contributed by atoms with van der Waals surface area (Å²) in [4.78, 5) is 11.0. The molecule has 2 aromatic rings. The molecule has 0 aliphatic heterocycles. The first-order valence-corrected chi connectivity index (χ1v) is 5.23. The molecule has 5 heteroatoms. The van der Waals surface area contributed by atoms with Gasteiger partial charge in [0.2, 0.25) is 0 Å². The smallest absolute Gasteiger partial charge is 0.267 e. The van der Waals surface area contributed by atoms with E-state index in [0.29, 0.717) is 18.1 Å². The second-order valence-corrected chi connectivity index (χ2v) is 3.29. The van der Waals surface area contributed by atoms with E-state index in [0.717, 1.165) is 5.75 Å². The molecule has 0 amide bonds. The van der Waals surface area contributed by atoms with Crippen molar-refractivity contribution < 1.29 is 9.47 Å². The van der Waals surface area contributed by atoms with Crippen LogP contribution in [0.4, 0.5) is 0 Å². The molecule has 0 atom stereocenters. The van der Waals surface area contributed by atoms with E-state index in [1.165, 1.54) is 12.3 Å². The van der Waals surface area contributed by atoms with Crippen molar-refractivity contribution >= 4 is 0 Å². The van der Waals surface area contributed by atoms with Crippen molar-refractivity contribution in [2.45, 2.75) is 6.92 Å². The minimum atomic E-state index is -0.298. The zero-order valence-electron chi connectivity index (χ0n) is 9.34. The maximum atomic E-state index is 11.0. The monoisotopic (exact) mass is 232 g/mol.